The molecule has 0 aliphatic rings. The van der Waals surface area contributed by atoms with Gasteiger partial charge in [0.2, 0.25) is 0 Å². The van der Waals surface area contributed by atoms with Crippen LogP contribution in [0.1, 0.15) is 25.0 Å². The number of nitrogens with one attached hydrogen (secondary N) is 2. The second-order valence-electron chi connectivity index (χ2n) is 5.55. The molecule has 0 aliphatic heterocycles. The van der Waals surface area contributed by atoms with Gasteiger partial charge in [0.1, 0.15) is 12.4 Å². The van der Waals surface area contributed by atoms with Gasteiger partial charge in [0, 0.05) is 30.9 Å². The first-order valence-corrected chi connectivity index (χ1v) is 8.42. The lowest BCUT2D eigenvalue weighted by Gasteiger charge is -2.10. The molecule has 0 spiro atoms. The molecule has 0 saturated heterocycles. The van der Waals surface area contributed by atoms with E-state index in [1.807, 2.05) is 24.3 Å². The molecule has 7 heteroatoms. The van der Waals surface area contributed by atoms with E-state index < -0.39 is 0 Å². The van der Waals surface area contributed by atoms with Crippen molar-refractivity contribution in [1.82, 2.24) is 10.3 Å². The van der Waals surface area contributed by atoms with E-state index in [1.54, 1.807) is 24.4 Å². The van der Waals surface area contributed by atoms with Gasteiger partial charge in [-0.15, -0.1) is 0 Å². The quantitative estimate of drug-likeness (QED) is 0.532. The zero-order valence-electron chi connectivity index (χ0n) is 14.7. The highest BCUT2D eigenvalue weighted by Crippen LogP contribution is 2.18. The van der Waals surface area contributed by atoms with Crippen molar-refractivity contribution in [3.63, 3.8) is 0 Å². The van der Waals surface area contributed by atoms with Crippen LogP contribution in [0.2, 0.25) is 0 Å². The van der Waals surface area contributed by atoms with Crippen molar-refractivity contribution in [1.29, 1.82) is 0 Å². The molecule has 0 atom stereocenters. The molecule has 1 heterocycles. The Morgan fingerprint density at radius 3 is 2.77 bits per heavy atom. The van der Waals surface area contributed by atoms with Crippen molar-refractivity contribution in [2.75, 3.05) is 19.0 Å². The van der Waals surface area contributed by atoms with Gasteiger partial charge in [0.15, 0.2) is 0 Å². The van der Waals surface area contributed by atoms with E-state index in [0.717, 1.165) is 5.69 Å². The van der Waals surface area contributed by atoms with E-state index in [0.29, 0.717) is 43.9 Å². The second-order valence-corrected chi connectivity index (χ2v) is 5.55. The molecule has 0 unspecified atom stereocenters. The number of amides is 2. The summed E-state index contributed by atoms with van der Waals surface area (Å²) in [6, 6.07) is 12.5. The highest BCUT2D eigenvalue weighted by molar-refractivity contribution is 5.89. The summed E-state index contributed by atoms with van der Waals surface area (Å²) in [4.78, 5) is 27.1. The molecule has 2 amide bonds. The summed E-state index contributed by atoms with van der Waals surface area (Å²) >= 11 is 0. The van der Waals surface area contributed by atoms with Gasteiger partial charge in [-0.2, -0.15) is 0 Å². The Labute approximate surface area is 152 Å². The summed E-state index contributed by atoms with van der Waals surface area (Å²) in [5, 5.41) is 5.50. The molecular formula is C19H23N3O4. The molecule has 0 radical (unpaired) electrons. The number of carbonyl (C=O) groups excluding carboxylic acids is 2. The molecule has 7 nitrogen and oxygen atoms in total. The zero-order valence-corrected chi connectivity index (χ0v) is 14.7. The summed E-state index contributed by atoms with van der Waals surface area (Å²) in [6.07, 6.45) is 3.45. The van der Waals surface area contributed by atoms with Gasteiger partial charge < -0.3 is 20.1 Å². The molecule has 0 fully saturated rings. The SMILES string of the molecule is COC(=O)CCCCNC(=O)Nc1cccc(OCc2ccccn2)c1. The molecule has 0 saturated carbocycles. The third-order valence-electron chi connectivity index (χ3n) is 3.53. The van der Waals surface area contributed by atoms with Crippen molar-refractivity contribution >= 4 is 17.7 Å². The number of nitrogens with zero attached hydrogens (tertiary/aromatic N) is 1. The lowest BCUT2D eigenvalue weighted by atomic mass is 10.2. The molecule has 138 valence electrons. The zero-order chi connectivity index (χ0) is 18.6. The highest BCUT2D eigenvalue weighted by atomic mass is 16.5. The summed E-state index contributed by atoms with van der Waals surface area (Å²) in [6.45, 7) is 0.843. The van der Waals surface area contributed by atoms with Gasteiger partial charge in [0.05, 0.1) is 12.8 Å². The number of unbranched alkanes of at least 4 members (excludes halogenated alkanes) is 1. The van der Waals surface area contributed by atoms with Gasteiger partial charge in [-0.3, -0.25) is 9.78 Å². The molecule has 0 aliphatic carbocycles. The largest absolute Gasteiger partial charge is 0.487 e. The molecule has 2 rings (SSSR count). The molecule has 1 aromatic carbocycles. The first-order valence-electron chi connectivity index (χ1n) is 8.42. The first-order chi connectivity index (χ1) is 12.7. The Morgan fingerprint density at radius 1 is 1.12 bits per heavy atom. The summed E-state index contributed by atoms with van der Waals surface area (Å²) in [5.41, 5.74) is 1.46. The van der Waals surface area contributed by atoms with E-state index in [1.165, 1.54) is 7.11 Å². The van der Waals surface area contributed by atoms with Crippen LogP contribution in [0.25, 0.3) is 0 Å². The molecule has 26 heavy (non-hydrogen) atoms. The van der Waals surface area contributed by atoms with Gasteiger partial charge in [-0.1, -0.05) is 12.1 Å². The van der Waals surface area contributed by atoms with Crippen LogP contribution in [0.4, 0.5) is 10.5 Å². The number of carbonyl (C=O) groups is 2. The lowest BCUT2D eigenvalue weighted by molar-refractivity contribution is -0.140. The van der Waals surface area contributed by atoms with Crippen LogP contribution in [0, 0.1) is 0 Å². The van der Waals surface area contributed by atoms with Crippen LogP contribution >= 0.6 is 0 Å². The number of hydrogen-bond donors (Lipinski definition) is 2. The van der Waals surface area contributed by atoms with Crippen LogP contribution in [-0.2, 0) is 16.1 Å². The minimum Gasteiger partial charge on any atom is -0.487 e. The lowest BCUT2D eigenvalue weighted by Crippen LogP contribution is -2.29. The van der Waals surface area contributed by atoms with E-state index in [9.17, 15) is 9.59 Å². The number of pyridine rings is 1. The van der Waals surface area contributed by atoms with Gasteiger partial charge in [-0.05, 0) is 37.1 Å². The van der Waals surface area contributed by atoms with Crippen molar-refractivity contribution in [2.24, 2.45) is 0 Å². The Morgan fingerprint density at radius 2 is 2.00 bits per heavy atom. The van der Waals surface area contributed by atoms with Crippen LogP contribution in [0.3, 0.4) is 0 Å². The first kappa shape index (κ1) is 19.2. The Kier molecular flexibility index (Phi) is 7.92. The summed E-state index contributed by atoms with van der Waals surface area (Å²) in [5.74, 6) is 0.406. The Balaban J connectivity index is 1.71. The maximum Gasteiger partial charge on any atom is 0.319 e. The number of ether oxygens (including phenoxy) is 2. The maximum absolute atomic E-state index is 11.9. The van der Waals surface area contributed by atoms with Crippen molar-refractivity contribution < 1.29 is 19.1 Å². The van der Waals surface area contributed by atoms with E-state index in [2.05, 4.69) is 20.4 Å². The van der Waals surface area contributed by atoms with E-state index >= 15 is 0 Å². The smallest absolute Gasteiger partial charge is 0.319 e. The Bertz CT molecular complexity index is 707. The molecule has 2 aromatic rings. The fraction of sp³-hybridized carbons (Fsp3) is 0.316. The minimum absolute atomic E-state index is 0.239. The van der Waals surface area contributed by atoms with Crippen molar-refractivity contribution in [2.45, 2.75) is 25.9 Å². The van der Waals surface area contributed by atoms with Gasteiger partial charge >= 0.3 is 12.0 Å². The predicted octanol–water partition coefficient (Wildman–Crippen LogP) is 3.13. The van der Waals surface area contributed by atoms with Crippen molar-refractivity contribution in [3.8, 4) is 5.75 Å². The number of rotatable bonds is 9. The fourth-order valence-corrected chi connectivity index (χ4v) is 2.18. The number of esters is 1. The molecule has 2 N–H and O–H groups in total. The van der Waals surface area contributed by atoms with E-state index in [4.69, 9.17) is 4.74 Å². The topological polar surface area (TPSA) is 89.5 Å². The molecule has 1 aromatic heterocycles. The van der Waals surface area contributed by atoms with Crippen LogP contribution in [0.5, 0.6) is 5.75 Å². The third-order valence-corrected chi connectivity index (χ3v) is 3.53. The average molecular weight is 357 g/mol. The number of urea groups is 1. The number of aromatic nitrogens is 1. The number of methoxy groups -OCH3 is 1. The van der Waals surface area contributed by atoms with Gasteiger partial charge in [0.25, 0.3) is 0 Å². The van der Waals surface area contributed by atoms with Crippen molar-refractivity contribution in [3.05, 3.63) is 54.4 Å². The molecule has 0 bridgehead atoms. The standard InChI is InChI=1S/C19H23N3O4/c1-25-18(23)10-3-5-12-21-19(24)22-15-8-6-9-17(13-15)26-14-16-7-2-4-11-20-16/h2,4,6-9,11,13H,3,5,10,12,14H2,1H3,(H2,21,22,24). The maximum atomic E-state index is 11.9. The summed E-state index contributed by atoms with van der Waals surface area (Å²) in [7, 11) is 1.36. The second kappa shape index (κ2) is 10.7. The van der Waals surface area contributed by atoms with Crippen LogP contribution in [0.15, 0.2) is 48.7 Å². The van der Waals surface area contributed by atoms with Crippen LogP contribution < -0.4 is 15.4 Å². The average Bonchev–Trinajstić information content (AvgIpc) is 2.67. The normalized spacial score (nSPS) is 10.0. The highest BCUT2D eigenvalue weighted by Gasteiger charge is 2.04. The summed E-state index contributed by atoms with van der Waals surface area (Å²) < 4.78 is 10.2. The predicted molar refractivity (Wildman–Crippen MR) is 97.9 cm³/mol. The van der Waals surface area contributed by atoms with E-state index in [-0.39, 0.29) is 12.0 Å². The monoisotopic (exact) mass is 357 g/mol. The minimum atomic E-state index is -0.301. The number of anilines is 1. The van der Waals surface area contributed by atoms with Gasteiger partial charge in [-0.25, -0.2) is 4.79 Å². The third kappa shape index (κ3) is 7.21. The van der Waals surface area contributed by atoms with Crippen LogP contribution in [-0.4, -0.2) is 30.6 Å². The number of hydrogen-bond acceptors (Lipinski definition) is 5. The number of benzene rings is 1. The molecular weight excluding hydrogens is 334 g/mol. The fourth-order valence-electron chi connectivity index (χ4n) is 2.18. The Hall–Kier alpha value is -3.09.